The van der Waals surface area contributed by atoms with Crippen molar-refractivity contribution in [3.63, 3.8) is 0 Å². The Labute approximate surface area is 104 Å². The van der Waals surface area contributed by atoms with Crippen molar-refractivity contribution < 1.29 is 13.2 Å². The van der Waals surface area contributed by atoms with Gasteiger partial charge in [0.1, 0.15) is 5.78 Å². The summed E-state index contributed by atoms with van der Waals surface area (Å²) in [7, 11) is -3.19. The fraction of sp³-hybridized carbons (Fsp3) is 0.917. The molecule has 0 spiro atoms. The van der Waals surface area contributed by atoms with Crippen molar-refractivity contribution in [2.75, 3.05) is 18.8 Å². The number of Topliss-reactive ketones (excluding diaryl/α,β-unsaturated/α-hetero) is 1. The average molecular weight is 261 g/mol. The molecule has 0 bridgehead atoms. The number of carbonyl (C=O) groups is 1. The molecule has 1 atom stereocenters. The Balaban J connectivity index is 2.62. The van der Waals surface area contributed by atoms with E-state index in [9.17, 15) is 13.2 Å². The Hall–Kier alpha value is -0.420. The van der Waals surface area contributed by atoms with Crippen LogP contribution in [0, 0.1) is 11.3 Å². The van der Waals surface area contributed by atoms with Crippen molar-refractivity contribution in [3.8, 4) is 0 Å². The predicted molar refractivity (Wildman–Crippen MR) is 68.2 cm³/mol. The van der Waals surface area contributed by atoms with Gasteiger partial charge in [0.25, 0.3) is 0 Å². The van der Waals surface area contributed by atoms with E-state index in [1.54, 1.807) is 6.92 Å². The van der Waals surface area contributed by atoms with E-state index < -0.39 is 10.0 Å². The molecule has 1 unspecified atom stereocenters. The molecule has 1 aliphatic rings. The maximum atomic E-state index is 12.1. The second kappa shape index (κ2) is 5.06. The highest BCUT2D eigenvalue weighted by atomic mass is 32.2. The fourth-order valence-corrected chi connectivity index (χ4v) is 3.75. The molecule has 0 aromatic heterocycles. The van der Waals surface area contributed by atoms with Gasteiger partial charge in [0.15, 0.2) is 0 Å². The first-order valence-corrected chi connectivity index (χ1v) is 7.73. The molecule has 0 radical (unpaired) electrons. The van der Waals surface area contributed by atoms with Crippen molar-refractivity contribution in [2.24, 2.45) is 11.3 Å². The lowest BCUT2D eigenvalue weighted by Crippen LogP contribution is -2.44. The SMILES string of the molecule is CC1CN(S(=O)(=O)CCC(C)(C)C)CCC1=O. The molecule has 4 nitrogen and oxygen atoms in total. The monoisotopic (exact) mass is 261 g/mol. The van der Waals surface area contributed by atoms with Crippen LogP contribution in [0.2, 0.25) is 0 Å². The number of sulfonamides is 1. The van der Waals surface area contributed by atoms with Gasteiger partial charge in [-0.2, -0.15) is 0 Å². The lowest BCUT2D eigenvalue weighted by molar-refractivity contribution is -0.124. The van der Waals surface area contributed by atoms with Gasteiger partial charge >= 0.3 is 0 Å². The first-order valence-electron chi connectivity index (χ1n) is 6.12. The van der Waals surface area contributed by atoms with Gasteiger partial charge in [-0.1, -0.05) is 27.7 Å². The van der Waals surface area contributed by atoms with E-state index in [0.29, 0.717) is 25.9 Å². The zero-order chi connectivity index (χ0) is 13.3. The van der Waals surface area contributed by atoms with Gasteiger partial charge in [-0.15, -0.1) is 0 Å². The second-order valence-corrected chi connectivity index (χ2v) is 8.19. The predicted octanol–water partition coefficient (Wildman–Crippen LogP) is 1.66. The molecule has 0 aliphatic carbocycles. The fourth-order valence-electron chi connectivity index (χ4n) is 1.80. The minimum absolute atomic E-state index is 0.0181. The first kappa shape index (κ1) is 14.6. The molecular formula is C12H23NO3S. The van der Waals surface area contributed by atoms with Crippen LogP contribution in [0.25, 0.3) is 0 Å². The van der Waals surface area contributed by atoms with Crippen molar-refractivity contribution >= 4 is 15.8 Å². The Morgan fingerprint density at radius 1 is 1.35 bits per heavy atom. The van der Waals surface area contributed by atoms with Gasteiger partial charge in [0.05, 0.1) is 5.75 Å². The lowest BCUT2D eigenvalue weighted by Gasteiger charge is -2.30. The Bertz CT molecular complexity index is 381. The van der Waals surface area contributed by atoms with E-state index in [0.717, 1.165) is 0 Å². The van der Waals surface area contributed by atoms with Gasteiger partial charge in [0, 0.05) is 25.4 Å². The summed E-state index contributed by atoms with van der Waals surface area (Å²) < 4.78 is 25.7. The van der Waals surface area contributed by atoms with Crippen molar-refractivity contribution in [3.05, 3.63) is 0 Å². The third-order valence-electron chi connectivity index (χ3n) is 3.14. The molecule has 100 valence electrons. The quantitative estimate of drug-likeness (QED) is 0.776. The number of hydrogen-bond donors (Lipinski definition) is 0. The number of carbonyl (C=O) groups excluding carboxylic acids is 1. The summed E-state index contributed by atoms with van der Waals surface area (Å²) >= 11 is 0. The summed E-state index contributed by atoms with van der Waals surface area (Å²) in [5.74, 6) is 0.192. The maximum Gasteiger partial charge on any atom is 0.214 e. The average Bonchev–Trinajstić information content (AvgIpc) is 2.18. The molecule has 1 heterocycles. The van der Waals surface area contributed by atoms with Gasteiger partial charge in [0.2, 0.25) is 10.0 Å². The van der Waals surface area contributed by atoms with Crippen LogP contribution < -0.4 is 0 Å². The van der Waals surface area contributed by atoms with E-state index in [2.05, 4.69) is 0 Å². The zero-order valence-corrected chi connectivity index (χ0v) is 12.0. The van der Waals surface area contributed by atoms with Gasteiger partial charge in [-0.05, 0) is 11.8 Å². The number of nitrogens with zero attached hydrogens (tertiary/aromatic N) is 1. The largest absolute Gasteiger partial charge is 0.299 e. The molecule has 0 aromatic rings. The third kappa shape index (κ3) is 4.39. The summed E-state index contributed by atoms with van der Waals surface area (Å²) in [6.45, 7) is 8.61. The molecule has 1 rings (SSSR count). The minimum atomic E-state index is -3.19. The second-order valence-electron chi connectivity index (χ2n) is 6.10. The smallest absolute Gasteiger partial charge is 0.214 e. The van der Waals surface area contributed by atoms with E-state index in [-0.39, 0.29) is 22.9 Å². The van der Waals surface area contributed by atoms with Crippen molar-refractivity contribution in [1.29, 1.82) is 0 Å². The van der Waals surface area contributed by atoms with E-state index in [4.69, 9.17) is 0 Å². The third-order valence-corrected chi connectivity index (χ3v) is 4.98. The number of rotatable bonds is 3. The zero-order valence-electron chi connectivity index (χ0n) is 11.2. The molecule has 0 aromatic carbocycles. The molecule has 1 aliphatic heterocycles. The number of ketones is 1. The van der Waals surface area contributed by atoms with E-state index in [1.807, 2.05) is 20.8 Å². The molecule has 0 saturated carbocycles. The highest BCUT2D eigenvalue weighted by Gasteiger charge is 2.31. The maximum absolute atomic E-state index is 12.1. The highest BCUT2D eigenvalue weighted by molar-refractivity contribution is 7.89. The van der Waals surface area contributed by atoms with E-state index >= 15 is 0 Å². The van der Waals surface area contributed by atoms with Crippen LogP contribution in [0.15, 0.2) is 0 Å². The summed E-state index contributed by atoms with van der Waals surface area (Å²) in [5, 5.41) is 0. The molecule has 17 heavy (non-hydrogen) atoms. The van der Waals surface area contributed by atoms with Crippen LogP contribution in [0.4, 0.5) is 0 Å². The summed E-state index contributed by atoms with van der Waals surface area (Å²) in [6, 6.07) is 0. The summed E-state index contributed by atoms with van der Waals surface area (Å²) in [5.41, 5.74) is 0.0181. The molecule has 0 amide bonds. The van der Waals surface area contributed by atoms with Gasteiger partial charge in [-0.3, -0.25) is 4.79 Å². The minimum Gasteiger partial charge on any atom is -0.299 e. The van der Waals surface area contributed by atoms with Crippen molar-refractivity contribution in [2.45, 2.75) is 40.5 Å². The van der Waals surface area contributed by atoms with Crippen LogP contribution in [0.3, 0.4) is 0 Å². The Morgan fingerprint density at radius 3 is 2.41 bits per heavy atom. The Kier molecular flexibility index (Phi) is 4.36. The van der Waals surface area contributed by atoms with Crippen LogP contribution >= 0.6 is 0 Å². The van der Waals surface area contributed by atoms with Gasteiger partial charge < -0.3 is 0 Å². The molecule has 1 saturated heterocycles. The summed E-state index contributed by atoms with van der Waals surface area (Å²) in [4.78, 5) is 11.4. The van der Waals surface area contributed by atoms with Crippen molar-refractivity contribution in [1.82, 2.24) is 4.31 Å². The normalized spacial score (nSPS) is 24.0. The molecular weight excluding hydrogens is 238 g/mol. The van der Waals surface area contributed by atoms with Crippen LogP contribution in [-0.2, 0) is 14.8 Å². The molecule has 1 fully saturated rings. The van der Waals surface area contributed by atoms with Crippen LogP contribution in [0.1, 0.15) is 40.5 Å². The highest BCUT2D eigenvalue weighted by Crippen LogP contribution is 2.22. The van der Waals surface area contributed by atoms with E-state index in [1.165, 1.54) is 4.31 Å². The van der Waals surface area contributed by atoms with Gasteiger partial charge in [-0.25, -0.2) is 12.7 Å². The number of piperidine rings is 1. The molecule has 0 N–H and O–H groups in total. The number of hydrogen-bond acceptors (Lipinski definition) is 3. The lowest BCUT2D eigenvalue weighted by atomic mass is 9.94. The summed E-state index contributed by atoms with van der Waals surface area (Å²) in [6.07, 6.45) is 1.00. The topological polar surface area (TPSA) is 54.5 Å². The molecule has 5 heteroatoms. The Morgan fingerprint density at radius 2 is 1.94 bits per heavy atom. The standard InChI is InChI=1S/C12H23NO3S/c1-10-9-13(7-5-11(10)14)17(15,16)8-6-12(2,3)4/h10H,5-9H2,1-4H3. The first-order chi connectivity index (χ1) is 7.62. The van der Waals surface area contributed by atoms with Crippen LogP contribution in [-0.4, -0.2) is 37.3 Å². The van der Waals surface area contributed by atoms with Crippen LogP contribution in [0.5, 0.6) is 0 Å².